The lowest BCUT2D eigenvalue weighted by Crippen LogP contribution is -2.49. The molecule has 1 aliphatic heterocycles. The molecule has 1 heterocycles. The van der Waals surface area contributed by atoms with Crippen LogP contribution in [0.15, 0.2) is 28.7 Å². The van der Waals surface area contributed by atoms with Gasteiger partial charge in [0.2, 0.25) is 5.91 Å². The Balaban J connectivity index is 1.90. The van der Waals surface area contributed by atoms with Crippen LogP contribution in [-0.2, 0) is 11.2 Å². The average Bonchev–Trinajstić information content (AvgIpc) is 2.70. The van der Waals surface area contributed by atoms with Crippen LogP contribution in [0.1, 0.15) is 38.7 Å². The molecule has 3 nitrogen and oxygen atoms in total. The van der Waals surface area contributed by atoms with E-state index in [1.165, 1.54) is 0 Å². The monoisotopic (exact) mass is 406 g/mol. The van der Waals surface area contributed by atoms with Gasteiger partial charge in [0, 0.05) is 11.0 Å². The summed E-state index contributed by atoms with van der Waals surface area (Å²) in [5.74, 6) is -0.356. The lowest BCUT2D eigenvalue weighted by Gasteiger charge is -2.29. The number of nitrogens with zero attached hydrogens (tertiary/aromatic N) is 1. The number of benzene rings is 1. The molecule has 0 unspecified atom stereocenters. The van der Waals surface area contributed by atoms with Gasteiger partial charge in [-0.2, -0.15) is 13.2 Å². The van der Waals surface area contributed by atoms with Crippen molar-refractivity contribution in [3.63, 3.8) is 0 Å². The van der Waals surface area contributed by atoms with Gasteiger partial charge in [0.1, 0.15) is 6.04 Å². The Morgan fingerprint density at radius 3 is 2.58 bits per heavy atom. The maximum absolute atomic E-state index is 13.4. The van der Waals surface area contributed by atoms with Gasteiger partial charge < -0.3 is 0 Å². The molecule has 0 aliphatic carbocycles. The Hall–Kier alpha value is -1.08. The topological polar surface area (TPSA) is 32.3 Å². The first kappa shape index (κ1) is 19.2. The van der Waals surface area contributed by atoms with E-state index in [0.29, 0.717) is 12.8 Å². The molecule has 2 rings (SSSR count). The number of carbonyl (C=O) groups excluding carboxylic acids is 1. The van der Waals surface area contributed by atoms with Crippen molar-refractivity contribution in [1.82, 2.24) is 10.4 Å². The molecule has 0 aromatic heterocycles. The molecule has 1 saturated heterocycles. The number of carbonyl (C=O) groups is 1. The number of unbranched alkanes of at least 4 members (excludes halogenated alkanes) is 1. The zero-order valence-corrected chi connectivity index (χ0v) is 15.4. The van der Waals surface area contributed by atoms with Crippen LogP contribution in [0.3, 0.4) is 0 Å². The largest absolute Gasteiger partial charge is 0.405 e. The van der Waals surface area contributed by atoms with Crippen LogP contribution in [-0.4, -0.2) is 29.7 Å². The number of aryl methyl sites for hydroxylation is 1. The molecule has 0 radical (unpaired) electrons. The second-order valence-electron chi connectivity index (χ2n) is 6.89. The van der Waals surface area contributed by atoms with Crippen molar-refractivity contribution < 1.29 is 18.0 Å². The summed E-state index contributed by atoms with van der Waals surface area (Å²) in [6.07, 6.45) is -2.52. The van der Waals surface area contributed by atoms with E-state index < -0.39 is 17.6 Å². The van der Waals surface area contributed by atoms with Crippen molar-refractivity contribution in [3.05, 3.63) is 34.3 Å². The number of nitrogens with one attached hydrogen (secondary N) is 1. The molecule has 1 atom stereocenters. The fourth-order valence-electron chi connectivity index (χ4n) is 2.86. The van der Waals surface area contributed by atoms with Crippen LogP contribution in [0.4, 0.5) is 13.2 Å². The lowest BCUT2D eigenvalue weighted by atomic mass is 9.94. The van der Waals surface area contributed by atoms with Crippen molar-refractivity contribution >= 4 is 21.8 Å². The first-order valence-electron chi connectivity index (χ1n) is 7.98. The summed E-state index contributed by atoms with van der Waals surface area (Å²) >= 11 is 3.39. The summed E-state index contributed by atoms with van der Waals surface area (Å²) < 4.78 is 41.0. The van der Waals surface area contributed by atoms with Crippen molar-refractivity contribution in [2.75, 3.05) is 6.54 Å². The summed E-state index contributed by atoms with van der Waals surface area (Å²) in [5.41, 5.74) is 2.69. The lowest BCUT2D eigenvalue weighted by molar-refractivity contribution is -0.190. The van der Waals surface area contributed by atoms with Crippen molar-refractivity contribution in [2.45, 2.75) is 51.7 Å². The molecule has 0 spiro atoms. The highest BCUT2D eigenvalue weighted by molar-refractivity contribution is 9.10. The number of halogens is 4. The van der Waals surface area contributed by atoms with Crippen LogP contribution in [0.5, 0.6) is 0 Å². The molecule has 1 fully saturated rings. The van der Waals surface area contributed by atoms with E-state index in [2.05, 4.69) is 21.4 Å². The van der Waals surface area contributed by atoms with Gasteiger partial charge in [-0.3, -0.25) is 10.2 Å². The standard InChI is InChI=1S/C17H22BrF3N2O/c1-16(2)11-23(22-15(16)24)14(17(19,20)21)9-4-3-6-12-7-5-8-13(18)10-12/h5,7-8,10,14H,3-4,6,9,11H2,1-2H3,(H,22,24)/t14-/m0/s1. The van der Waals surface area contributed by atoms with E-state index in [1.54, 1.807) is 13.8 Å². The van der Waals surface area contributed by atoms with Crippen LogP contribution < -0.4 is 5.43 Å². The molecule has 1 aliphatic rings. The number of hydrazine groups is 1. The quantitative estimate of drug-likeness (QED) is 0.706. The zero-order valence-electron chi connectivity index (χ0n) is 13.8. The first-order valence-corrected chi connectivity index (χ1v) is 8.78. The molecule has 1 aromatic carbocycles. The van der Waals surface area contributed by atoms with Crippen molar-refractivity contribution in [3.8, 4) is 0 Å². The maximum atomic E-state index is 13.4. The molecule has 0 saturated carbocycles. The number of alkyl halides is 3. The Morgan fingerprint density at radius 1 is 1.33 bits per heavy atom. The van der Waals surface area contributed by atoms with Crippen LogP contribution in [0, 0.1) is 5.41 Å². The smallest absolute Gasteiger partial charge is 0.288 e. The minimum atomic E-state index is -4.36. The molecule has 7 heteroatoms. The fraction of sp³-hybridized carbons (Fsp3) is 0.588. The number of rotatable bonds is 6. The molecule has 134 valence electrons. The Kier molecular flexibility index (Phi) is 5.96. The molecule has 1 amide bonds. The van der Waals surface area contributed by atoms with Crippen molar-refractivity contribution in [2.24, 2.45) is 5.41 Å². The molecule has 1 N–H and O–H groups in total. The van der Waals surface area contributed by atoms with E-state index in [-0.39, 0.29) is 18.9 Å². The minimum absolute atomic E-state index is 0.0200. The Bertz CT molecular complexity index is 589. The van der Waals surface area contributed by atoms with Gasteiger partial charge in [-0.15, -0.1) is 0 Å². The Labute approximate surface area is 148 Å². The zero-order chi connectivity index (χ0) is 18.0. The molecular formula is C17H22BrF3N2O. The van der Waals surface area contributed by atoms with Gasteiger partial charge >= 0.3 is 6.18 Å². The van der Waals surface area contributed by atoms with Gasteiger partial charge in [0.05, 0.1) is 5.41 Å². The third-order valence-corrected chi connectivity index (χ3v) is 4.75. The van der Waals surface area contributed by atoms with Gasteiger partial charge in [-0.1, -0.05) is 34.5 Å². The predicted octanol–water partition coefficient (Wildman–Crippen LogP) is 4.47. The van der Waals surface area contributed by atoms with Crippen LogP contribution in [0.2, 0.25) is 0 Å². The molecular weight excluding hydrogens is 385 g/mol. The SMILES string of the molecule is CC1(C)CN([C@@H](CCCCc2cccc(Br)c2)C(F)(F)F)NC1=O. The minimum Gasteiger partial charge on any atom is -0.288 e. The van der Waals surface area contributed by atoms with Gasteiger partial charge in [-0.05, 0) is 50.8 Å². The summed E-state index contributed by atoms with van der Waals surface area (Å²) in [6.45, 7) is 3.38. The van der Waals surface area contributed by atoms with E-state index in [9.17, 15) is 18.0 Å². The second-order valence-corrected chi connectivity index (χ2v) is 7.80. The van der Waals surface area contributed by atoms with E-state index in [0.717, 1.165) is 21.5 Å². The maximum Gasteiger partial charge on any atom is 0.405 e. The van der Waals surface area contributed by atoms with Crippen LogP contribution in [0.25, 0.3) is 0 Å². The van der Waals surface area contributed by atoms with Crippen LogP contribution >= 0.6 is 15.9 Å². The van der Waals surface area contributed by atoms with Crippen molar-refractivity contribution in [1.29, 1.82) is 0 Å². The summed E-state index contributed by atoms with van der Waals surface area (Å²) in [4.78, 5) is 11.8. The molecule has 1 aromatic rings. The summed E-state index contributed by atoms with van der Waals surface area (Å²) in [5, 5.41) is 1.06. The molecule has 0 bridgehead atoms. The van der Waals surface area contributed by atoms with E-state index in [1.807, 2.05) is 24.3 Å². The third kappa shape index (κ3) is 4.96. The van der Waals surface area contributed by atoms with Gasteiger partial charge in [0.15, 0.2) is 0 Å². The number of hydrogen-bond acceptors (Lipinski definition) is 2. The fourth-order valence-corrected chi connectivity index (χ4v) is 3.31. The number of hydrogen-bond donors (Lipinski definition) is 1. The second kappa shape index (κ2) is 7.44. The number of amides is 1. The highest BCUT2D eigenvalue weighted by Gasteiger charge is 2.49. The summed E-state index contributed by atoms with van der Waals surface area (Å²) in [7, 11) is 0. The van der Waals surface area contributed by atoms with Gasteiger partial charge in [-0.25, -0.2) is 5.01 Å². The third-order valence-electron chi connectivity index (χ3n) is 4.26. The first-order chi connectivity index (χ1) is 11.1. The predicted molar refractivity (Wildman–Crippen MR) is 90.2 cm³/mol. The highest BCUT2D eigenvalue weighted by Crippen LogP contribution is 2.33. The Morgan fingerprint density at radius 2 is 2.04 bits per heavy atom. The normalized spacial score (nSPS) is 19.3. The van der Waals surface area contributed by atoms with E-state index in [4.69, 9.17) is 0 Å². The highest BCUT2D eigenvalue weighted by atomic mass is 79.9. The molecule has 24 heavy (non-hydrogen) atoms. The van der Waals surface area contributed by atoms with E-state index >= 15 is 0 Å². The van der Waals surface area contributed by atoms with Gasteiger partial charge in [0.25, 0.3) is 0 Å². The average molecular weight is 407 g/mol. The summed E-state index contributed by atoms with van der Waals surface area (Å²) in [6, 6.07) is 6.14.